The first-order chi connectivity index (χ1) is 11.4. The molecule has 4 N–H and O–H groups in total. The predicted octanol–water partition coefficient (Wildman–Crippen LogP) is 1.10. The fraction of sp³-hybridized carbons (Fsp3) is 0.143. The molecule has 0 amide bonds. The van der Waals surface area contributed by atoms with Crippen molar-refractivity contribution in [2.75, 3.05) is 23.7 Å². The monoisotopic (exact) mass is 370 g/mol. The maximum atomic E-state index is 10.9. The van der Waals surface area contributed by atoms with E-state index in [1.54, 1.807) is 0 Å². The molecule has 0 saturated carbocycles. The summed E-state index contributed by atoms with van der Waals surface area (Å²) in [7, 11) is 0. The van der Waals surface area contributed by atoms with Crippen LogP contribution in [0.1, 0.15) is 0 Å². The Morgan fingerprint density at radius 1 is 0.792 bits per heavy atom. The molecule has 0 aromatic heterocycles. The first-order valence-corrected chi connectivity index (χ1v) is 8.86. The topological polar surface area (TPSA) is 145 Å². The Morgan fingerprint density at radius 3 is 1.50 bits per heavy atom. The number of hydrogen-bond acceptors (Lipinski definition) is 8. The molecule has 0 bridgehead atoms. The van der Waals surface area contributed by atoms with E-state index >= 15 is 0 Å². The smallest absolute Gasteiger partial charge is 0.138 e. The highest BCUT2D eigenvalue weighted by Crippen LogP contribution is 2.26. The lowest BCUT2D eigenvalue weighted by atomic mass is 10.3. The molecule has 2 unspecified atom stereocenters. The van der Waals surface area contributed by atoms with Crippen molar-refractivity contribution >= 4 is 33.5 Å². The van der Waals surface area contributed by atoms with Gasteiger partial charge in [-0.1, -0.05) is 0 Å². The molecule has 24 heavy (non-hydrogen) atoms. The van der Waals surface area contributed by atoms with Crippen molar-refractivity contribution in [3.8, 4) is 11.5 Å². The lowest BCUT2D eigenvalue weighted by Crippen LogP contribution is -2.14. The molecule has 0 radical (unpaired) electrons. The Kier molecular flexibility index (Phi) is 6.15. The maximum Gasteiger partial charge on any atom is 0.138 e. The van der Waals surface area contributed by atoms with E-state index in [1.165, 1.54) is 36.4 Å². The first kappa shape index (κ1) is 18.2. The van der Waals surface area contributed by atoms with Crippen LogP contribution in [-0.2, 0) is 22.2 Å². The van der Waals surface area contributed by atoms with Crippen LogP contribution < -0.4 is 10.6 Å². The number of phenols is 2. The number of nitrogens with one attached hydrogen (secondary N) is 2. The van der Waals surface area contributed by atoms with Gasteiger partial charge in [-0.25, -0.2) is 0 Å². The Hall–Kier alpha value is -2.14. The zero-order valence-electron chi connectivity index (χ0n) is 12.2. The SMILES string of the molecule is O=S([O-])c1ccc(O)c(NCCNc2cc(S(=O)[O-])ccc2O)c1. The molecule has 0 aliphatic heterocycles. The van der Waals surface area contributed by atoms with Crippen LogP contribution in [0.3, 0.4) is 0 Å². The number of anilines is 2. The summed E-state index contributed by atoms with van der Waals surface area (Å²) >= 11 is -4.81. The van der Waals surface area contributed by atoms with Gasteiger partial charge in [0.2, 0.25) is 0 Å². The Bertz CT molecular complexity index is 718. The molecule has 0 spiro atoms. The molecule has 0 aliphatic rings. The number of rotatable bonds is 7. The zero-order valence-corrected chi connectivity index (χ0v) is 13.9. The third-order valence-electron chi connectivity index (χ3n) is 3.08. The molecule has 8 nitrogen and oxygen atoms in total. The van der Waals surface area contributed by atoms with Gasteiger partial charge in [0.1, 0.15) is 11.5 Å². The van der Waals surface area contributed by atoms with Crippen molar-refractivity contribution < 1.29 is 27.7 Å². The van der Waals surface area contributed by atoms with Gasteiger partial charge in [0.25, 0.3) is 0 Å². The summed E-state index contributed by atoms with van der Waals surface area (Å²) in [5.74, 6) is -0.202. The summed E-state index contributed by atoms with van der Waals surface area (Å²) in [6, 6.07) is 7.65. The summed E-state index contributed by atoms with van der Waals surface area (Å²) in [4.78, 5) is 0.0676. The Balaban J connectivity index is 1.96. The van der Waals surface area contributed by atoms with Crippen molar-refractivity contribution in [2.24, 2.45) is 0 Å². The van der Waals surface area contributed by atoms with Crippen molar-refractivity contribution in [1.82, 2.24) is 0 Å². The van der Waals surface area contributed by atoms with Gasteiger partial charge < -0.3 is 30.0 Å². The van der Waals surface area contributed by atoms with E-state index in [2.05, 4.69) is 10.6 Å². The van der Waals surface area contributed by atoms with E-state index in [-0.39, 0.29) is 45.8 Å². The lowest BCUT2D eigenvalue weighted by Gasteiger charge is -2.14. The van der Waals surface area contributed by atoms with Gasteiger partial charge in [-0.15, -0.1) is 0 Å². The van der Waals surface area contributed by atoms with Crippen molar-refractivity contribution in [3.63, 3.8) is 0 Å². The quantitative estimate of drug-likeness (QED) is 0.322. The summed E-state index contributed by atoms with van der Waals surface area (Å²) in [6.45, 7) is 0.569. The van der Waals surface area contributed by atoms with Crippen molar-refractivity contribution in [1.29, 1.82) is 0 Å². The van der Waals surface area contributed by atoms with Crippen LogP contribution in [0.4, 0.5) is 11.4 Å². The molecule has 2 aromatic rings. The van der Waals surface area contributed by atoms with E-state index in [0.29, 0.717) is 0 Å². The second kappa shape index (κ2) is 8.11. The van der Waals surface area contributed by atoms with Crippen molar-refractivity contribution in [3.05, 3.63) is 36.4 Å². The van der Waals surface area contributed by atoms with Gasteiger partial charge in [0.15, 0.2) is 0 Å². The molecule has 0 heterocycles. The highest BCUT2D eigenvalue weighted by atomic mass is 32.2. The average molecular weight is 370 g/mol. The molecule has 0 fully saturated rings. The molecule has 10 heteroatoms. The molecule has 2 rings (SSSR count). The highest BCUT2D eigenvalue weighted by molar-refractivity contribution is 7.79. The zero-order chi connectivity index (χ0) is 17.7. The summed E-state index contributed by atoms with van der Waals surface area (Å²) in [5.41, 5.74) is 0.495. The van der Waals surface area contributed by atoms with Gasteiger partial charge in [-0.2, -0.15) is 0 Å². The molecule has 0 saturated heterocycles. The maximum absolute atomic E-state index is 10.9. The Labute approximate surface area is 143 Å². The van der Waals surface area contributed by atoms with Gasteiger partial charge in [-0.05, 0) is 58.6 Å². The molecule has 130 valence electrons. The molecule has 2 aromatic carbocycles. The number of aromatic hydroxyl groups is 2. The average Bonchev–Trinajstić information content (AvgIpc) is 2.54. The van der Waals surface area contributed by atoms with Crippen LogP contribution in [-0.4, -0.2) is 40.8 Å². The van der Waals surface area contributed by atoms with Crippen LogP contribution in [0.25, 0.3) is 0 Å². The summed E-state index contributed by atoms with van der Waals surface area (Å²) in [5, 5.41) is 25.1. The van der Waals surface area contributed by atoms with E-state index in [9.17, 15) is 27.7 Å². The fourth-order valence-corrected chi connectivity index (χ4v) is 2.70. The second-order valence-corrected chi connectivity index (χ2v) is 6.56. The first-order valence-electron chi connectivity index (χ1n) is 6.71. The van der Waals surface area contributed by atoms with E-state index in [4.69, 9.17) is 0 Å². The van der Waals surface area contributed by atoms with Gasteiger partial charge >= 0.3 is 0 Å². The predicted molar refractivity (Wildman–Crippen MR) is 87.6 cm³/mol. The van der Waals surface area contributed by atoms with Gasteiger partial charge in [-0.3, -0.25) is 8.42 Å². The number of benzene rings is 2. The standard InChI is InChI=1S/C14H16N2O6S2/c17-13-3-1-9(23(19)20)7-11(13)15-5-6-16-12-8-10(24(21)22)2-4-14(12)18/h1-4,7-8,15-18H,5-6H2,(H,19,20)(H,21,22)/p-2. The molecular formula is C14H14N2O6S2-2. The minimum atomic E-state index is -2.40. The minimum Gasteiger partial charge on any atom is -0.768 e. The van der Waals surface area contributed by atoms with Crippen molar-refractivity contribution in [2.45, 2.75) is 9.79 Å². The van der Waals surface area contributed by atoms with Crippen LogP contribution in [0, 0.1) is 0 Å². The van der Waals surface area contributed by atoms with Crippen LogP contribution in [0.2, 0.25) is 0 Å². The summed E-state index contributed by atoms with van der Waals surface area (Å²) < 4.78 is 43.6. The van der Waals surface area contributed by atoms with E-state index in [1.807, 2.05) is 0 Å². The Morgan fingerprint density at radius 2 is 1.17 bits per heavy atom. The molecule has 0 aliphatic carbocycles. The fourth-order valence-electron chi connectivity index (χ4n) is 1.92. The normalized spacial score (nSPS) is 13.2. The third kappa shape index (κ3) is 4.68. The largest absolute Gasteiger partial charge is 0.768 e. The highest BCUT2D eigenvalue weighted by Gasteiger charge is 2.05. The van der Waals surface area contributed by atoms with Crippen LogP contribution >= 0.6 is 0 Å². The number of phenolic OH excluding ortho intramolecular Hbond substituents is 2. The molecular weight excluding hydrogens is 356 g/mol. The summed E-state index contributed by atoms with van der Waals surface area (Å²) in [6.07, 6.45) is 0. The second-order valence-electron chi connectivity index (χ2n) is 4.68. The van der Waals surface area contributed by atoms with Crippen LogP contribution in [0.5, 0.6) is 11.5 Å². The van der Waals surface area contributed by atoms with Gasteiger partial charge in [0, 0.05) is 22.9 Å². The van der Waals surface area contributed by atoms with Gasteiger partial charge in [0.05, 0.1) is 11.4 Å². The number of hydrogen-bond donors (Lipinski definition) is 4. The van der Waals surface area contributed by atoms with E-state index in [0.717, 1.165) is 0 Å². The van der Waals surface area contributed by atoms with E-state index < -0.39 is 22.2 Å². The minimum absolute atomic E-state index is 0.0338. The van der Waals surface area contributed by atoms with Crippen LogP contribution in [0.15, 0.2) is 46.2 Å². The lowest BCUT2D eigenvalue weighted by molar-refractivity contribution is 0.475. The third-order valence-corrected chi connectivity index (χ3v) is 4.35. The molecule has 2 atom stereocenters.